The zero-order valence-corrected chi connectivity index (χ0v) is 13.6. The first-order valence-corrected chi connectivity index (χ1v) is 8.04. The van der Waals surface area contributed by atoms with E-state index in [1.54, 1.807) is 0 Å². The summed E-state index contributed by atoms with van der Waals surface area (Å²) < 4.78 is 0.968. The Morgan fingerprint density at radius 2 is 2.00 bits per heavy atom. The van der Waals surface area contributed by atoms with Crippen LogP contribution in [0.25, 0.3) is 0 Å². The highest BCUT2D eigenvalue weighted by molar-refractivity contribution is 9.10. The highest BCUT2D eigenvalue weighted by atomic mass is 79.9. The van der Waals surface area contributed by atoms with Crippen molar-refractivity contribution in [2.24, 2.45) is 0 Å². The Bertz CT molecular complexity index is 354. The van der Waals surface area contributed by atoms with Gasteiger partial charge in [-0.15, -0.1) is 0 Å². The smallest absolute Gasteiger partial charge is 0.0551 e. The van der Waals surface area contributed by atoms with E-state index in [2.05, 4.69) is 47.2 Å². The number of hydrogen-bond acceptors (Lipinski definition) is 1. The molecular weight excluding hydrogens is 310 g/mol. The van der Waals surface area contributed by atoms with E-state index in [0.717, 1.165) is 22.5 Å². The molecule has 0 saturated carbocycles. The van der Waals surface area contributed by atoms with Gasteiger partial charge >= 0.3 is 0 Å². The van der Waals surface area contributed by atoms with Crippen molar-refractivity contribution in [2.75, 3.05) is 6.54 Å². The van der Waals surface area contributed by atoms with Crippen molar-refractivity contribution >= 4 is 27.5 Å². The molecule has 0 radical (unpaired) electrons. The average molecular weight is 333 g/mol. The van der Waals surface area contributed by atoms with E-state index in [1.807, 2.05) is 6.07 Å². The third-order valence-electron chi connectivity index (χ3n) is 3.08. The third kappa shape index (κ3) is 5.29. The van der Waals surface area contributed by atoms with Gasteiger partial charge in [0.05, 0.1) is 5.02 Å². The zero-order chi connectivity index (χ0) is 13.4. The second kappa shape index (κ2) is 8.95. The lowest BCUT2D eigenvalue weighted by atomic mass is 10.0. The van der Waals surface area contributed by atoms with E-state index in [0.29, 0.717) is 6.04 Å². The molecule has 0 spiro atoms. The van der Waals surface area contributed by atoms with Crippen molar-refractivity contribution in [3.63, 3.8) is 0 Å². The predicted molar refractivity (Wildman–Crippen MR) is 84.3 cm³/mol. The molecule has 0 saturated heterocycles. The summed E-state index contributed by atoms with van der Waals surface area (Å²) in [6.07, 6.45) is 6.18. The van der Waals surface area contributed by atoms with Crippen LogP contribution < -0.4 is 5.32 Å². The Morgan fingerprint density at radius 1 is 1.22 bits per heavy atom. The molecule has 102 valence electrons. The molecule has 0 aliphatic heterocycles. The molecule has 0 heterocycles. The molecule has 0 aliphatic rings. The Hall–Kier alpha value is -0.0500. The summed E-state index contributed by atoms with van der Waals surface area (Å²) in [5.74, 6) is 0. The van der Waals surface area contributed by atoms with Crippen molar-refractivity contribution in [2.45, 2.75) is 52.0 Å². The number of halogens is 2. The summed E-state index contributed by atoms with van der Waals surface area (Å²) in [6, 6.07) is 6.71. The zero-order valence-electron chi connectivity index (χ0n) is 11.3. The molecule has 1 rings (SSSR count). The normalized spacial score (nSPS) is 12.7. The second-order valence-corrected chi connectivity index (χ2v) is 5.94. The fraction of sp³-hybridized carbons (Fsp3) is 0.600. The van der Waals surface area contributed by atoms with Crippen LogP contribution in [0.3, 0.4) is 0 Å². The van der Waals surface area contributed by atoms with Crippen molar-refractivity contribution in [1.82, 2.24) is 5.32 Å². The maximum Gasteiger partial charge on any atom is 0.0551 e. The standard InChI is InChI=1S/C15H23BrClN/c1-3-5-6-7-15(18-10-4-2)12-8-9-13(16)14(17)11-12/h8-9,11,15,18H,3-7,10H2,1-2H3. The van der Waals surface area contributed by atoms with Gasteiger partial charge in [-0.3, -0.25) is 0 Å². The van der Waals surface area contributed by atoms with Gasteiger partial charge in [-0.05, 0) is 53.0 Å². The molecule has 0 amide bonds. The first kappa shape index (κ1) is 16.0. The van der Waals surface area contributed by atoms with Crippen LogP contribution in [-0.4, -0.2) is 6.54 Å². The van der Waals surface area contributed by atoms with E-state index in [4.69, 9.17) is 11.6 Å². The molecule has 0 fully saturated rings. The van der Waals surface area contributed by atoms with Crippen LogP contribution in [0.2, 0.25) is 5.02 Å². The van der Waals surface area contributed by atoms with Crippen molar-refractivity contribution in [3.05, 3.63) is 33.3 Å². The van der Waals surface area contributed by atoms with Crippen LogP contribution in [0, 0.1) is 0 Å². The predicted octanol–water partition coefficient (Wildman–Crippen LogP) is 5.72. The maximum atomic E-state index is 6.18. The minimum atomic E-state index is 0.432. The summed E-state index contributed by atoms with van der Waals surface area (Å²) in [5, 5.41) is 4.41. The molecule has 0 aromatic heterocycles. The van der Waals surface area contributed by atoms with Crippen LogP contribution in [0.4, 0.5) is 0 Å². The molecule has 1 aromatic carbocycles. The van der Waals surface area contributed by atoms with E-state index in [1.165, 1.54) is 31.2 Å². The summed E-state index contributed by atoms with van der Waals surface area (Å²) >= 11 is 9.62. The fourth-order valence-electron chi connectivity index (χ4n) is 2.03. The summed E-state index contributed by atoms with van der Waals surface area (Å²) in [4.78, 5) is 0. The molecule has 18 heavy (non-hydrogen) atoms. The van der Waals surface area contributed by atoms with Gasteiger partial charge in [0.1, 0.15) is 0 Å². The van der Waals surface area contributed by atoms with Crippen LogP contribution in [0.15, 0.2) is 22.7 Å². The fourth-order valence-corrected chi connectivity index (χ4v) is 2.47. The molecule has 0 bridgehead atoms. The Balaban J connectivity index is 2.70. The number of nitrogens with one attached hydrogen (secondary N) is 1. The topological polar surface area (TPSA) is 12.0 Å². The highest BCUT2D eigenvalue weighted by Crippen LogP contribution is 2.28. The highest BCUT2D eigenvalue weighted by Gasteiger charge is 2.11. The van der Waals surface area contributed by atoms with E-state index < -0.39 is 0 Å². The van der Waals surface area contributed by atoms with E-state index in [9.17, 15) is 0 Å². The van der Waals surface area contributed by atoms with Crippen LogP contribution in [0.5, 0.6) is 0 Å². The SMILES string of the molecule is CCCCCC(NCCC)c1ccc(Br)c(Cl)c1. The largest absolute Gasteiger partial charge is 0.310 e. The Kier molecular flexibility index (Phi) is 7.96. The molecule has 0 aliphatic carbocycles. The molecule has 1 atom stereocenters. The summed E-state index contributed by atoms with van der Waals surface area (Å²) in [7, 11) is 0. The maximum absolute atomic E-state index is 6.18. The molecule has 1 N–H and O–H groups in total. The summed E-state index contributed by atoms with van der Waals surface area (Å²) in [5.41, 5.74) is 1.30. The minimum absolute atomic E-state index is 0.432. The Labute approximate surface area is 124 Å². The van der Waals surface area contributed by atoms with Crippen LogP contribution >= 0.6 is 27.5 Å². The molecule has 1 aromatic rings. The van der Waals surface area contributed by atoms with Gasteiger partial charge in [-0.2, -0.15) is 0 Å². The quantitative estimate of drug-likeness (QED) is 0.600. The number of benzene rings is 1. The third-order valence-corrected chi connectivity index (χ3v) is 4.32. The van der Waals surface area contributed by atoms with Crippen LogP contribution in [-0.2, 0) is 0 Å². The lowest BCUT2D eigenvalue weighted by molar-refractivity contribution is 0.474. The Morgan fingerprint density at radius 3 is 2.61 bits per heavy atom. The molecule has 1 unspecified atom stereocenters. The number of hydrogen-bond donors (Lipinski definition) is 1. The van der Waals surface area contributed by atoms with Gasteiger partial charge in [-0.25, -0.2) is 0 Å². The number of rotatable bonds is 8. The number of unbranched alkanes of at least 4 members (excludes halogenated alkanes) is 2. The van der Waals surface area contributed by atoms with Gasteiger partial charge in [0.25, 0.3) is 0 Å². The van der Waals surface area contributed by atoms with E-state index >= 15 is 0 Å². The molecule has 3 heteroatoms. The second-order valence-electron chi connectivity index (χ2n) is 4.68. The summed E-state index contributed by atoms with van der Waals surface area (Å²) in [6.45, 7) is 5.50. The van der Waals surface area contributed by atoms with Crippen LogP contribution in [0.1, 0.15) is 57.6 Å². The molecular formula is C15H23BrClN. The van der Waals surface area contributed by atoms with Gasteiger partial charge in [0.15, 0.2) is 0 Å². The average Bonchev–Trinajstić information content (AvgIpc) is 2.37. The van der Waals surface area contributed by atoms with Gasteiger partial charge < -0.3 is 5.32 Å². The lowest BCUT2D eigenvalue weighted by Crippen LogP contribution is -2.22. The first-order chi connectivity index (χ1) is 8.69. The van der Waals surface area contributed by atoms with E-state index in [-0.39, 0.29) is 0 Å². The van der Waals surface area contributed by atoms with Crippen molar-refractivity contribution in [3.8, 4) is 0 Å². The monoisotopic (exact) mass is 331 g/mol. The van der Waals surface area contributed by atoms with Gasteiger partial charge in [-0.1, -0.05) is 50.8 Å². The van der Waals surface area contributed by atoms with Crippen molar-refractivity contribution < 1.29 is 0 Å². The lowest BCUT2D eigenvalue weighted by Gasteiger charge is -2.19. The first-order valence-electron chi connectivity index (χ1n) is 6.87. The molecule has 1 nitrogen and oxygen atoms in total. The van der Waals surface area contributed by atoms with Crippen molar-refractivity contribution in [1.29, 1.82) is 0 Å². The van der Waals surface area contributed by atoms with Gasteiger partial charge in [0, 0.05) is 10.5 Å². The van der Waals surface area contributed by atoms with Gasteiger partial charge in [0.2, 0.25) is 0 Å². The minimum Gasteiger partial charge on any atom is -0.310 e.